The van der Waals surface area contributed by atoms with E-state index in [1.54, 1.807) is 6.92 Å². The highest BCUT2D eigenvalue weighted by Gasteiger charge is 2.44. The Morgan fingerprint density at radius 1 is 0.957 bits per heavy atom. The van der Waals surface area contributed by atoms with E-state index in [-0.39, 0.29) is 23.4 Å². The quantitative estimate of drug-likeness (QED) is 0.739. The Hall–Kier alpha value is -1.10. The van der Waals surface area contributed by atoms with Gasteiger partial charge in [0, 0.05) is 57.1 Å². The minimum Gasteiger partial charge on any atom is -0.340 e. The molecule has 3 fully saturated rings. The standard InChI is InChI=1S/C18H31N3O2/c1-14(22)20-12-16-11-19(9-10-21(16)18(2,3)13-20)17(23)15-7-5-4-6-8-15/h15-16H,4-13H2,1-3H3. The summed E-state index contributed by atoms with van der Waals surface area (Å²) in [7, 11) is 0. The lowest BCUT2D eigenvalue weighted by Crippen LogP contribution is -2.70. The van der Waals surface area contributed by atoms with Crippen LogP contribution in [0.15, 0.2) is 0 Å². The van der Waals surface area contributed by atoms with Crippen LogP contribution in [0, 0.1) is 5.92 Å². The highest BCUT2D eigenvalue weighted by atomic mass is 16.2. The van der Waals surface area contributed by atoms with Crippen molar-refractivity contribution in [2.24, 2.45) is 5.92 Å². The smallest absolute Gasteiger partial charge is 0.225 e. The van der Waals surface area contributed by atoms with Crippen LogP contribution >= 0.6 is 0 Å². The van der Waals surface area contributed by atoms with Gasteiger partial charge in [-0.2, -0.15) is 0 Å². The summed E-state index contributed by atoms with van der Waals surface area (Å²) in [6.45, 7) is 10.2. The van der Waals surface area contributed by atoms with Gasteiger partial charge in [0.1, 0.15) is 0 Å². The molecule has 0 bridgehead atoms. The molecule has 3 rings (SSSR count). The zero-order chi connectivity index (χ0) is 16.6. The first-order valence-electron chi connectivity index (χ1n) is 9.19. The summed E-state index contributed by atoms with van der Waals surface area (Å²) in [5.41, 5.74) is -0.00539. The maximum absolute atomic E-state index is 12.8. The van der Waals surface area contributed by atoms with Crippen molar-refractivity contribution >= 4 is 11.8 Å². The molecule has 5 heteroatoms. The SMILES string of the molecule is CC(=O)N1CC2CN(C(=O)C3CCCCC3)CCN2C(C)(C)C1. The van der Waals surface area contributed by atoms with E-state index < -0.39 is 0 Å². The van der Waals surface area contributed by atoms with E-state index in [0.717, 1.165) is 45.6 Å². The molecule has 2 saturated heterocycles. The minimum atomic E-state index is -0.00539. The maximum atomic E-state index is 12.8. The van der Waals surface area contributed by atoms with Crippen molar-refractivity contribution in [1.29, 1.82) is 0 Å². The summed E-state index contributed by atoms with van der Waals surface area (Å²) in [6, 6.07) is 0.281. The van der Waals surface area contributed by atoms with Gasteiger partial charge in [0.05, 0.1) is 0 Å². The number of amides is 2. The first kappa shape index (κ1) is 16.7. The summed E-state index contributed by atoms with van der Waals surface area (Å²) in [5.74, 6) is 0.756. The van der Waals surface area contributed by atoms with E-state index in [1.165, 1.54) is 19.3 Å². The number of carbonyl (C=O) groups excluding carboxylic acids is 2. The van der Waals surface area contributed by atoms with Crippen LogP contribution in [0.25, 0.3) is 0 Å². The number of hydrogen-bond acceptors (Lipinski definition) is 3. The van der Waals surface area contributed by atoms with Crippen LogP contribution < -0.4 is 0 Å². The summed E-state index contributed by atoms with van der Waals surface area (Å²) in [5, 5.41) is 0. The van der Waals surface area contributed by atoms with Crippen LogP contribution in [0.4, 0.5) is 0 Å². The Balaban J connectivity index is 1.68. The highest BCUT2D eigenvalue weighted by molar-refractivity contribution is 5.79. The van der Waals surface area contributed by atoms with Crippen LogP contribution in [-0.2, 0) is 9.59 Å². The van der Waals surface area contributed by atoms with Crippen LogP contribution in [0.2, 0.25) is 0 Å². The van der Waals surface area contributed by atoms with Crippen molar-refractivity contribution in [3.63, 3.8) is 0 Å². The molecule has 0 aromatic heterocycles. The first-order valence-corrected chi connectivity index (χ1v) is 9.19. The van der Waals surface area contributed by atoms with Crippen LogP contribution in [0.1, 0.15) is 52.9 Å². The third-order valence-corrected chi connectivity index (χ3v) is 5.98. The molecule has 1 atom stereocenters. The fourth-order valence-corrected chi connectivity index (χ4v) is 4.73. The Bertz CT molecular complexity index is 471. The molecule has 0 aromatic carbocycles. The molecule has 5 nitrogen and oxygen atoms in total. The largest absolute Gasteiger partial charge is 0.340 e. The van der Waals surface area contributed by atoms with Crippen molar-refractivity contribution in [3.8, 4) is 0 Å². The van der Waals surface area contributed by atoms with Crippen LogP contribution in [0.5, 0.6) is 0 Å². The van der Waals surface area contributed by atoms with E-state index >= 15 is 0 Å². The highest BCUT2D eigenvalue weighted by Crippen LogP contribution is 2.30. The number of fused-ring (bicyclic) bond motifs is 1. The number of piperazine rings is 2. The number of rotatable bonds is 1. The lowest BCUT2D eigenvalue weighted by Gasteiger charge is -2.55. The lowest BCUT2D eigenvalue weighted by molar-refractivity contribution is -0.148. The maximum Gasteiger partial charge on any atom is 0.225 e. The second-order valence-electron chi connectivity index (χ2n) is 8.18. The molecule has 2 heterocycles. The van der Waals surface area contributed by atoms with Crippen molar-refractivity contribution < 1.29 is 9.59 Å². The molecule has 0 spiro atoms. The number of carbonyl (C=O) groups is 2. The molecule has 0 aromatic rings. The topological polar surface area (TPSA) is 43.9 Å². The molecule has 3 aliphatic rings. The fourth-order valence-electron chi connectivity index (χ4n) is 4.73. The van der Waals surface area contributed by atoms with E-state index in [1.807, 2.05) is 4.90 Å². The van der Waals surface area contributed by atoms with Gasteiger partial charge in [0.15, 0.2) is 0 Å². The summed E-state index contributed by atoms with van der Waals surface area (Å²) in [6.07, 6.45) is 5.81. The molecule has 23 heavy (non-hydrogen) atoms. The predicted octanol–water partition coefficient (Wildman–Crippen LogP) is 1.72. The molecular formula is C18H31N3O2. The summed E-state index contributed by atoms with van der Waals surface area (Å²) < 4.78 is 0. The molecule has 1 saturated carbocycles. The Kier molecular flexibility index (Phi) is 4.68. The van der Waals surface area contributed by atoms with E-state index in [2.05, 4.69) is 23.6 Å². The van der Waals surface area contributed by atoms with Crippen molar-refractivity contribution in [1.82, 2.24) is 14.7 Å². The van der Waals surface area contributed by atoms with Gasteiger partial charge in [-0.25, -0.2) is 0 Å². The fraction of sp³-hybridized carbons (Fsp3) is 0.889. The van der Waals surface area contributed by atoms with Gasteiger partial charge in [-0.1, -0.05) is 19.3 Å². The number of nitrogens with zero attached hydrogens (tertiary/aromatic N) is 3. The van der Waals surface area contributed by atoms with Gasteiger partial charge >= 0.3 is 0 Å². The summed E-state index contributed by atoms with van der Waals surface area (Å²) >= 11 is 0. The van der Waals surface area contributed by atoms with Gasteiger partial charge in [0.2, 0.25) is 11.8 Å². The zero-order valence-electron chi connectivity index (χ0n) is 14.9. The molecule has 0 N–H and O–H groups in total. The average Bonchev–Trinajstić information content (AvgIpc) is 2.53. The van der Waals surface area contributed by atoms with Gasteiger partial charge < -0.3 is 9.80 Å². The van der Waals surface area contributed by atoms with Crippen molar-refractivity contribution in [2.75, 3.05) is 32.7 Å². The Labute approximate surface area is 140 Å². The summed E-state index contributed by atoms with van der Waals surface area (Å²) in [4.78, 5) is 31.2. The van der Waals surface area contributed by atoms with Gasteiger partial charge in [0.25, 0.3) is 0 Å². The normalized spacial score (nSPS) is 29.3. The van der Waals surface area contributed by atoms with Crippen LogP contribution in [-0.4, -0.2) is 70.8 Å². The third-order valence-electron chi connectivity index (χ3n) is 5.98. The van der Waals surface area contributed by atoms with E-state index in [0.29, 0.717) is 5.91 Å². The van der Waals surface area contributed by atoms with E-state index in [4.69, 9.17) is 0 Å². The zero-order valence-corrected chi connectivity index (χ0v) is 14.9. The van der Waals surface area contributed by atoms with Gasteiger partial charge in [-0.15, -0.1) is 0 Å². The van der Waals surface area contributed by atoms with E-state index in [9.17, 15) is 9.59 Å². The van der Waals surface area contributed by atoms with Gasteiger partial charge in [-0.3, -0.25) is 14.5 Å². The molecule has 2 aliphatic heterocycles. The molecule has 130 valence electrons. The van der Waals surface area contributed by atoms with Crippen molar-refractivity contribution in [2.45, 2.75) is 64.5 Å². The number of hydrogen-bond donors (Lipinski definition) is 0. The molecule has 2 amide bonds. The van der Waals surface area contributed by atoms with Crippen molar-refractivity contribution in [3.05, 3.63) is 0 Å². The molecule has 1 unspecified atom stereocenters. The molecule has 1 aliphatic carbocycles. The third kappa shape index (κ3) is 3.39. The first-order chi connectivity index (χ1) is 10.9. The monoisotopic (exact) mass is 321 g/mol. The molecular weight excluding hydrogens is 290 g/mol. The average molecular weight is 321 g/mol. The van der Waals surface area contributed by atoms with Gasteiger partial charge in [-0.05, 0) is 26.7 Å². The second kappa shape index (κ2) is 6.42. The molecule has 0 radical (unpaired) electrons. The lowest BCUT2D eigenvalue weighted by atomic mass is 9.87. The van der Waals surface area contributed by atoms with Crippen LogP contribution in [0.3, 0.4) is 0 Å². The Morgan fingerprint density at radius 3 is 2.26 bits per heavy atom. The Morgan fingerprint density at radius 2 is 1.61 bits per heavy atom. The second-order valence-corrected chi connectivity index (χ2v) is 8.18. The predicted molar refractivity (Wildman–Crippen MR) is 90.0 cm³/mol. The minimum absolute atomic E-state index is 0.00539.